The van der Waals surface area contributed by atoms with Crippen LogP contribution in [0.15, 0.2) is 0 Å². The highest BCUT2D eigenvalue weighted by Gasteiger charge is 2.35. The SMILES string of the molecule is CC(C)CCC1OC(=O)NC1CC1CCCCC1. The highest BCUT2D eigenvalue weighted by molar-refractivity contribution is 5.70. The third-order valence-corrected chi connectivity index (χ3v) is 4.35. The number of hydrogen-bond donors (Lipinski definition) is 1. The van der Waals surface area contributed by atoms with Crippen LogP contribution in [0.5, 0.6) is 0 Å². The van der Waals surface area contributed by atoms with Crippen molar-refractivity contribution in [1.29, 1.82) is 0 Å². The minimum absolute atomic E-state index is 0.113. The Morgan fingerprint density at radius 2 is 2.00 bits per heavy atom. The number of carbonyl (C=O) groups excluding carboxylic acids is 1. The number of alkyl carbamates (subject to hydrolysis) is 1. The van der Waals surface area contributed by atoms with E-state index in [1.54, 1.807) is 0 Å². The van der Waals surface area contributed by atoms with Gasteiger partial charge in [-0.1, -0.05) is 46.0 Å². The summed E-state index contributed by atoms with van der Waals surface area (Å²) in [6.45, 7) is 4.45. The van der Waals surface area contributed by atoms with Crippen LogP contribution in [0, 0.1) is 11.8 Å². The maximum absolute atomic E-state index is 11.4. The molecule has 1 aliphatic heterocycles. The molecule has 0 spiro atoms. The minimum atomic E-state index is -0.204. The van der Waals surface area contributed by atoms with Crippen LogP contribution in [0.2, 0.25) is 0 Å². The van der Waals surface area contributed by atoms with Crippen LogP contribution in [-0.4, -0.2) is 18.2 Å². The van der Waals surface area contributed by atoms with Crippen molar-refractivity contribution in [2.75, 3.05) is 0 Å². The molecule has 1 saturated carbocycles. The molecule has 2 aliphatic rings. The summed E-state index contributed by atoms with van der Waals surface area (Å²) >= 11 is 0. The quantitative estimate of drug-likeness (QED) is 0.807. The van der Waals surface area contributed by atoms with Crippen LogP contribution in [0.1, 0.15) is 65.2 Å². The van der Waals surface area contributed by atoms with E-state index in [2.05, 4.69) is 19.2 Å². The number of carbonyl (C=O) groups is 1. The lowest BCUT2D eigenvalue weighted by molar-refractivity contribution is 0.116. The van der Waals surface area contributed by atoms with Crippen LogP contribution >= 0.6 is 0 Å². The van der Waals surface area contributed by atoms with Crippen LogP contribution < -0.4 is 5.32 Å². The largest absolute Gasteiger partial charge is 0.444 e. The van der Waals surface area contributed by atoms with Crippen LogP contribution in [-0.2, 0) is 4.74 Å². The number of ether oxygens (including phenoxy) is 1. The van der Waals surface area contributed by atoms with Crippen molar-refractivity contribution in [2.45, 2.75) is 77.4 Å². The molecular weight excluding hydrogens is 226 g/mol. The second-order valence-electron chi connectivity index (χ2n) is 6.41. The number of amides is 1. The topological polar surface area (TPSA) is 38.3 Å². The Labute approximate surface area is 111 Å². The van der Waals surface area contributed by atoms with Gasteiger partial charge >= 0.3 is 6.09 Å². The summed E-state index contributed by atoms with van der Waals surface area (Å²) < 4.78 is 5.42. The molecule has 1 saturated heterocycles. The molecule has 1 aliphatic carbocycles. The average molecular weight is 253 g/mol. The molecule has 0 aromatic heterocycles. The Morgan fingerprint density at radius 3 is 2.67 bits per heavy atom. The van der Waals surface area contributed by atoms with Gasteiger partial charge in [-0.2, -0.15) is 0 Å². The molecule has 0 aromatic carbocycles. The zero-order chi connectivity index (χ0) is 13.0. The van der Waals surface area contributed by atoms with E-state index >= 15 is 0 Å². The van der Waals surface area contributed by atoms with E-state index in [1.165, 1.54) is 32.1 Å². The third kappa shape index (κ3) is 3.89. The highest BCUT2D eigenvalue weighted by Crippen LogP contribution is 2.30. The maximum atomic E-state index is 11.4. The molecule has 104 valence electrons. The van der Waals surface area contributed by atoms with E-state index in [9.17, 15) is 4.79 Å². The molecule has 1 amide bonds. The molecular formula is C15H27NO2. The van der Waals surface area contributed by atoms with Gasteiger partial charge in [0.1, 0.15) is 6.10 Å². The standard InChI is InChI=1S/C15H27NO2/c1-11(2)8-9-14-13(16-15(17)18-14)10-12-6-4-3-5-7-12/h11-14H,3-10H2,1-2H3,(H,16,17). The predicted octanol–water partition coefficient (Wildman–Crippen LogP) is 3.87. The number of nitrogens with one attached hydrogen (secondary N) is 1. The van der Waals surface area contributed by atoms with Gasteiger partial charge in [0.25, 0.3) is 0 Å². The Bertz CT molecular complexity index is 272. The molecule has 2 fully saturated rings. The Morgan fingerprint density at radius 1 is 1.28 bits per heavy atom. The monoisotopic (exact) mass is 253 g/mol. The lowest BCUT2D eigenvalue weighted by Gasteiger charge is -2.26. The van der Waals surface area contributed by atoms with Gasteiger partial charge in [-0.05, 0) is 31.1 Å². The summed E-state index contributed by atoms with van der Waals surface area (Å²) in [7, 11) is 0. The van der Waals surface area contributed by atoms with E-state index in [4.69, 9.17) is 4.74 Å². The predicted molar refractivity (Wildman–Crippen MR) is 72.5 cm³/mol. The Hall–Kier alpha value is -0.730. The normalized spacial score (nSPS) is 29.4. The molecule has 0 aromatic rings. The first-order valence-electron chi connectivity index (χ1n) is 7.62. The fourth-order valence-electron chi connectivity index (χ4n) is 3.25. The van der Waals surface area contributed by atoms with Crippen molar-refractivity contribution in [3.8, 4) is 0 Å². The first-order chi connectivity index (χ1) is 8.65. The zero-order valence-corrected chi connectivity index (χ0v) is 11.8. The first kappa shape index (κ1) is 13.7. The first-order valence-corrected chi connectivity index (χ1v) is 7.62. The summed E-state index contributed by atoms with van der Waals surface area (Å²) in [5, 5.41) is 3.01. The van der Waals surface area contributed by atoms with Gasteiger partial charge in [-0.15, -0.1) is 0 Å². The molecule has 1 N–H and O–H groups in total. The second kappa shape index (κ2) is 6.44. The summed E-state index contributed by atoms with van der Waals surface area (Å²) in [6, 6.07) is 0.263. The van der Waals surface area contributed by atoms with Crippen molar-refractivity contribution >= 4 is 6.09 Å². The summed E-state index contributed by atoms with van der Waals surface area (Å²) in [6.07, 6.45) is 9.97. The molecule has 2 rings (SSSR count). The van der Waals surface area contributed by atoms with E-state index in [-0.39, 0.29) is 18.2 Å². The van der Waals surface area contributed by atoms with Gasteiger partial charge in [0.2, 0.25) is 0 Å². The summed E-state index contributed by atoms with van der Waals surface area (Å²) in [4.78, 5) is 11.4. The number of rotatable bonds is 5. The lowest BCUT2D eigenvalue weighted by atomic mass is 9.83. The molecule has 1 heterocycles. The fourth-order valence-corrected chi connectivity index (χ4v) is 3.25. The van der Waals surface area contributed by atoms with Crippen molar-refractivity contribution in [1.82, 2.24) is 5.32 Å². The Kier molecular flexibility index (Phi) is 4.90. The van der Waals surface area contributed by atoms with Crippen LogP contribution in [0.25, 0.3) is 0 Å². The second-order valence-corrected chi connectivity index (χ2v) is 6.41. The van der Waals surface area contributed by atoms with Gasteiger partial charge in [0.05, 0.1) is 6.04 Å². The summed E-state index contributed by atoms with van der Waals surface area (Å²) in [5.41, 5.74) is 0. The number of hydrogen-bond acceptors (Lipinski definition) is 2. The Balaban J connectivity index is 1.82. The fraction of sp³-hybridized carbons (Fsp3) is 0.933. The molecule has 0 radical (unpaired) electrons. The van der Waals surface area contributed by atoms with Gasteiger partial charge in [-0.3, -0.25) is 0 Å². The molecule has 3 nitrogen and oxygen atoms in total. The molecule has 0 bridgehead atoms. The van der Waals surface area contributed by atoms with Gasteiger partial charge < -0.3 is 10.1 Å². The smallest absolute Gasteiger partial charge is 0.407 e. The molecule has 2 atom stereocenters. The van der Waals surface area contributed by atoms with E-state index in [0.717, 1.165) is 25.2 Å². The molecule has 18 heavy (non-hydrogen) atoms. The van der Waals surface area contributed by atoms with Gasteiger partial charge in [0.15, 0.2) is 0 Å². The molecule has 2 unspecified atom stereocenters. The van der Waals surface area contributed by atoms with E-state index < -0.39 is 0 Å². The van der Waals surface area contributed by atoms with Crippen LogP contribution in [0.3, 0.4) is 0 Å². The number of cyclic esters (lactones) is 1. The van der Waals surface area contributed by atoms with Crippen LogP contribution in [0.4, 0.5) is 4.79 Å². The van der Waals surface area contributed by atoms with E-state index in [0.29, 0.717) is 5.92 Å². The minimum Gasteiger partial charge on any atom is -0.444 e. The van der Waals surface area contributed by atoms with E-state index in [1.807, 2.05) is 0 Å². The van der Waals surface area contributed by atoms with Crippen molar-refractivity contribution in [3.63, 3.8) is 0 Å². The average Bonchev–Trinajstić information content (AvgIpc) is 2.68. The van der Waals surface area contributed by atoms with Gasteiger partial charge in [0, 0.05) is 0 Å². The van der Waals surface area contributed by atoms with Crippen molar-refractivity contribution in [2.24, 2.45) is 11.8 Å². The third-order valence-electron chi connectivity index (χ3n) is 4.35. The van der Waals surface area contributed by atoms with Gasteiger partial charge in [-0.25, -0.2) is 4.79 Å². The highest BCUT2D eigenvalue weighted by atomic mass is 16.6. The summed E-state index contributed by atoms with van der Waals surface area (Å²) in [5.74, 6) is 1.48. The maximum Gasteiger partial charge on any atom is 0.407 e. The molecule has 3 heteroatoms. The van der Waals surface area contributed by atoms with Crippen molar-refractivity contribution in [3.05, 3.63) is 0 Å². The van der Waals surface area contributed by atoms with Crippen molar-refractivity contribution < 1.29 is 9.53 Å². The lowest BCUT2D eigenvalue weighted by Crippen LogP contribution is -2.34. The zero-order valence-electron chi connectivity index (χ0n) is 11.8.